The maximum absolute atomic E-state index is 12.3. The van der Waals surface area contributed by atoms with Crippen LogP contribution in [-0.4, -0.2) is 23.9 Å². The van der Waals surface area contributed by atoms with Crippen LogP contribution in [0.3, 0.4) is 0 Å². The van der Waals surface area contributed by atoms with E-state index in [0.717, 1.165) is 19.5 Å². The predicted molar refractivity (Wildman–Crippen MR) is 81.6 cm³/mol. The van der Waals surface area contributed by atoms with Gasteiger partial charge in [-0.25, -0.2) is 0 Å². The van der Waals surface area contributed by atoms with Crippen molar-refractivity contribution in [1.29, 1.82) is 0 Å². The van der Waals surface area contributed by atoms with Gasteiger partial charge in [0.2, 0.25) is 0 Å². The van der Waals surface area contributed by atoms with Gasteiger partial charge in [-0.1, -0.05) is 19.9 Å². The Hall–Kier alpha value is -1.22. The van der Waals surface area contributed by atoms with E-state index in [1.54, 1.807) is 6.07 Å². The fraction of sp³-hybridized carbons (Fsp3) is 0.533. The molecular weight excluding hydrogens is 260 g/mol. The van der Waals surface area contributed by atoms with Crippen molar-refractivity contribution in [2.75, 3.05) is 18.8 Å². The molecule has 1 saturated heterocycles. The molecular formula is C15H23ClN2O. The number of halogens is 1. The van der Waals surface area contributed by atoms with Crippen LogP contribution in [0.1, 0.15) is 37.0 Å². The zero-order chi connectivity index (χ0) is 13.1. The highest BCUT2D eigenvalue weighted by Gasteiger charge is 2.27. The Bertz CT molecular complexity index is 434. The summed E-state index contributed by atoms with van der Waals surface area (Å²) >= 11 is 0. The Balaban J connectivity index is 0.00000180. The first-order valence-electron chi connectivity index (χ1n) is 6.71. The van der Waals surface area contributed by atoms with E-state index in [9.17, 15) is 4.79 Å². The molecule has 1 heterocycles. The van der Waals surface area contributed by atoms with E-state index < -0.39 is 0 Å². The number of carbonyl (C=O) groups is 1. The van der Waals surface area contributed by atoms with Gasteiger partial charge in [0.1, 0.15) is 0 Å². The number of likely N-dealkylation sites (tertiary alicyclic amines) is 1. The first-order valence-corrected chi connectivity index (χ1v) is 6.71. The number of carbonyl (C=O) groups excluding carboxylic acids is 1. The van der Waals surface area contributed by atoms with Crippen LogP contribution < -0.4 is 5.73 Å². The molecule has 2 N–H and O–H groups in total. The fourth-order valence-corrected chi connectivity index (χ4v) is 2.73. The van der Waals surface area contributed by atoms with Crippen LogP contribution in [0.2, 0.25) is 0 Å². The average molecular weight is 283 g/mol. The van der Waals surface area contributed by atoms with E-state index in [4.69, 9.17) is 5.73 Å². The molecule has 106 valence electrons. The van der Waals surface area contributed by atoms with Crippen molar-refractivity contribution in [1.82, 2.24) is 4.90 Å². The van der Waals surface area contributed by atoms with Gasteiger partial charge in [0.15, 0.2) is 0 Å². The monoisotopic (exact) mass is 282 g/mol. The highest BCUT2D eigenvalue weighted by Crippen LogP contribution is 2.24. The third-order valence-corrected chi connectivity index (χ3v) is 3.51. The number of anilines is 1. The van der Waals surface area contributed by atoms with E-state index in [1.165, 1.54) is 6.42 Å². The molecule has 4 heteroatoms. The lowest BCUT2D eigenvalue weighted by atomic mass is 9.97. The molecule has 0 aliphatic carbocycles. The third-order valence-electron chi connectivity index (χ3n) is 3.51. The number of amides is 1. The Morgan fingerprint density at radius 1 is 1.47 bits per heavy atom. The van der Waals surface area contributed by atoms with Crippen LogP contribution in [0, 0.1) is 11.8 Å². The summed E-state index contributed by atoms with van der Waals surface area (Å²) in [6, 6.07) is 7.25. The first-order chi connectivity index (χ1) is 8.56. The zero-order valence-corrected chi connectivity index (χ0v) is 12.5. The van der Waals surface area contributed by atoms with Crippen molar-refractivity contribution in [2.24, 2.45) is 11.8 Å². The van der Waals surface area contributed by atoms with Crippen molar-refractivity contribution in [3.63, 3.8) is 0 Å². The largest absolute Gasteiger partial charge is 0.399 e. The van der Waals surface area contributed by atoms with Crippen molar-refractivity contribution < 1.29 is 4.79 Å². The number of nitrogens with two attached hydrogens (primary N) is 1. The Morgan fingerprint density at radius 3 is 2.84 bits per heavy atom. The van der Waals surface area contributed by atoms with Crippen LogP contribution in [-0.2, 0) is 0 Å². The van der Waals surface area contributed by atoms with E-state index in [0.29, 0.717) is 23.1 Å². The van der Waals surface area contributed by atoms with E-state index >= 15 is 0 Å². The molecule has 2 rings (SSSR count). The molecule has 0 aromatic heterocycles. The standard InChI is InChI=1S/C15H22N2O.ClH/c1-11(2)8-12-6-7-17(10-12)15(18)13-4-3-5-14(16)9-13;/h3-5,9,11-12H,6-8,10,16H2,1-2H3;1H. The lowest BCUT2D eigenvalue weighted by Crippen LogP contribution is -2.28. The summed E-state index contributed by atoms with van der Waals surface area (Å²) in [6.45, 7) is 6.25. The van der Waals surface area contributed by atoms with E-state index in [1.807, 2.05) is 23.1 Å². The summed E-state index contributed by atoms with van der Waals surface area (Å²) in [5.41, 5.74) is 7.08. The molecule has 1 atom stereocenters. The van der Waals surface area contributed by atoms with Gasteiger partial charge in [-0.15, -0.1) is 12.4 Å². The lowest BCUT2D eigenvalue weighted by molar-refractivity contribution is 0.0785. The Kier molecular flexibility index (Phi) is 5.67. The molecule has 1 aromatic rings. The first kappa shape index (κ1) is 15.8. The van der Waals surface area contributed by atoms with E-state index in [-0.39, 0.29) is 18.3 Å². The summed E-state index contributed by atoms with van der Waals surface area (Å²) in [4.78, 5) is 14.3. The van der Waals surface area contributed by atoms with Crippen molar-refractivity contribution in [3.8, 4) is 0 Å². The van der Waals surface area contributed by atoms with Gasteiger partial charge in [-0.3, -0.25) is 4.79 Å². The summed E-state index contributed by atoms with van der Waals surface area (Å²) < 4.78 is 0. The number of benzene rings is 1. The van der Waals surface area contributed by atoms with Crippen LogP contribution in [0.4, 0.5) is 5.69 Å². The molecule has 1 aromatic carbocycles. The molecule has 1 aliphatic heterocycles. The average Bonchev–Trinajstić information content (AvgIpc) is 2.75. The summed E-state index contributed by atoms with van der Waals surface area (Å²) in [7, 11) is 0. The van der Waals surface area contributed by atoms with Gasteiger partial charge >= 0.3 is 0 Å². The molecule has 1 amide bonds. The maximum atomic E-state index is 12.3. The number of rotatable bonds is 3. The number of hydrogen-bond acceptors (Lipinski definition) is 2. The molecule has 19 heavy (non-hydrogen) atoms. The summed E-state index contributed by atoms with van der Waals surface area (Å²) in [6.07, 6.45) is 2.34. The molecule has 0 bridgehead atoms. The lowest BCUT2D eigenvalue weighted by Gasteiger charge is -2.17. The highest BCUT2D eigenvalue weighted by molar-refractivity contribution is 5.95. The van der Waals surface area contributed by atoms with Crippen molar-refractivity contribution >= 4 is 24.0 Å². The van der Waals surface area contributed by atoms with Gasteiger partial charge in [0.25, 0.3) is 5.91 Å². The molecule has 0 radical (unpaired) electrons. The van der Waals surface area contributed by atoms with Crippen LogP contribution in [0.15, 0.2) is 24.3 Å². The van der Waals surface area contributed by atoms with Gasteiger partial charge in [-0.2, -0.15) is 0 Å². The Morgan fingerprint density at radius 2 is 2.21 bits per heavy atom. The summed E-state index contributed by atoms with van der Waals surface area (Å²) in [5.74, 6) is 1.49. The minimum Gasteiger partial charge on any atom is -0.399 e. The molecule has 3 nitrogen and oxygen atoms in total. The predicted octanol–water partition coefficient (Wildman–Crippen LogP) is 3.20. The molecule has 1 unspecified atom stereocenters. The zero-order valence-electron chi connectivity index (χ0n) is 11.6. The quantitative estimate of drug-likeness (QED) is 0.866. The van der Waals surface area contributed by atoms with Crippen LogP contribution in [0.5, 0.6) is 0 Å². The van der Waals surface area contributed by atoms with Crippen molar-refractivity contribution in [2.45, 2.75) is 26.7 Å². The molecule has 0 spiro atoms. The SMILES string of the molecule is CC(C)CC1CCN(C(=O)c2cccc(N)c2)C1.Cl. The molecule has 1 fully saturated rings. The minimum atomic E-state index is 0. The smallest absolute Gasteiger partial charge is 0.253 e. The third kappa shape index (κ3) is 4.13. The number of nitrogens with zero attached hydrogens (tertiary/aromatic N) is 1. The second-order valence-corrected chi connectivity index (χ2v) is 5.66. The second-order valence-electron chi connectivity index (χ2n) is 5.66. The highest BCUT2D eigenvalue weighted by atomic mass is 35.5. The maximum Gasteiger partial charge on any atom is 0.253 e. The topological polar surface area (TPSA) is 46.3 Å². The number of hydrogen-bond donors (Lipinski definition) is 1. The molecule has 0 saturated carbocycles. The van der Waals surface area contributed by atoms with E-state index in [2.05, 4.69) is 13.8 Å². The Labute approximate surface area is 121 Å². The molecule has 1 aliphatic rings. The fourth-order valence-electron chi connectivity index (χ4n) is 2.73. The van der Waals surface area contributed by atoms with Gasteiger partial charge in [0.05, 0.1) is 0 Å². The minimum absolute atomic E-state index is 0. The van der Waals surface area contributed by atoms with Gasteiger partial charge < -0.3 is 10.6 Å². The number of nitrogen functional groups attached to an aromatic ring is 1. The summed E-state index contributed by atoms with van der Waals surface area (Å²) in [5, 5.41) is 0. The van der Waals surface area contributed by atoms with Crippen LogP contribution in [0.25, 0.3) is 0 Å². The van der Waals surface area contributed by atoms with Crippen LogP contribution >= 0.6 is 12.4 Å². The van der Waals surface area contributed by atoms with Crippen molar-refractivity contribution in [3.05, 3.63) is 29.8 Å². The normalized spacial score (nSPS) is 18.5. The van der Waals surface area contributed by atoms with Gasteiger partial charge in [0, 0.05) is 24.3 Å². The van der Waals surface area contributed by atoms with Gasteiger partial charge in [-0.05, 0) is 42.9 Å². The second kappa shape index (κ2) is 6.80.